The molecule has 0 amide bonds. The third-order valence-corrected chi connectivity index (χ3v) is 2.38. The summed E-state index contributed by atoms with van der Waals surface area (Å²) in [5.41, 5.74) is 0.527. The van der Waals surface area contributed by atoms with Gasteiger partial charge in [-0.1, -0.05) is 17.3 Å². The lowest BCUT2D eigenvalue weighted by atomic mass is 10.1. The van der Waals surface area contributed by atoms with E-state index >= 15 is 0 Å². The van der Waals surface area contributed by atoms with E-state index in [0.29, 0.717) is 5.56 Å². The van der Waals surface area contributed by atoms with E-state index in [1.807, 2.05) is 0 Å². The van der Waals surface area contributed by atoms with Crippen molar-refractivity contribution in [3.63, 3.8) is 0 Å². The highest BCUT2D eigenvalue weighted by molar-refractivity contribution is 5.88. The van der Waals surface area contributed by atoms with E-state index < -0.39 is 5.82 Å². The molecule has 0 aliphatic heterocycles. The van der Waals surface area contributed by atoms with E-state index in [9.17, 15) is 9.18 Å². The Morgan fingerprint density at radius 3 is 3.06 bits per heavy atom. The standard InChI is InChI=1S/C11H6FN3O2/c12-7-3-1-2-6(4-7)9-8-10(16)13-5-14-11(8)17-15-9/h1-5H,(H,13,14,16). The van der Waals surface area contributed by atoms with Gasteiger partial charge < -0.3 is 9.51 Å². The first kappa shape index (κ1) is 9.71. The maximum Gasteiger partial charge on any atom is 0.265 e. The van der Waals surface area contributed by atoms with Crippen molar-refractivity contribution < 1.29 is 8.91 Å². The molecule has 0 aliphatic carbocycles. The van der Waals surface area contributed by atoms with Crippen LogP contribution >= 0.6 is 0 Å². The normalized spacial score (nSPS) is 10.9. The van der Waals surface area contributed by atoms with Gasteiger partial charge in [-0.2, -0.15) is 0 Å². The Bertz CT molecular complexity index is 748. The minimum absolute atomic E-state index is 0.132. The quantitative estimate of drug-likeness (QED) is 0.692. The van der Waals surface area contributed by atoms with Gasteiger partial charge in [0.15, 0.2) is 0 Å². The first-order chi connectivity index (χ1) is 8.25. The van der Waals surface area contributed by atoms with Crippen LogP contribution in [0, 0.1) is 5.82 Å². The molecule has 17 heavy (non-hydrogen) atoms. The summed E-state index contributed by atoms with van der Waals surface area (Å²) >= 11 is 0. The SMILES string of the molecule is O=c1[nH]cnc2onc(-c3cccc(F)c3)c12. The molecule has 2 heterocycles. The minimum Gasteiger partial charge on any atom is -0.335 e. The second-order valence-corrected chi connectivity index (χ2v) is 3.45. The molecule has 2 aromatic heterocycles. The molecule has 0 spiro atoms. The molecule has 3 rings (SSSR count). The Hall–Kier alpha value is -2.50. The van der Waals surface area contributed by atoms with Gasteiger partial charge in [-0.15, -0.1) is 0 Å². The minimum atomic E-state index is -0.404. The van der Waals surface area contributed by atoms with Gasteiger partial charge in [0.05, 0.1) is 6.33 Å². The van der Waals surface area contributed by atoms with Crippen LogP contribution < -0.4 is 5.56 Å². The maximum absolute atomic E-state index is 13.1. The van der Waals surface area contributed by atoms with Gasteiger partial charge in [0.2, 0.25) is 0 Å². The first-order valence-electron chi connectivity index (χ1n) is 4.85. The van der Waals surface area contributed by atoms with E-state index in [-0.39, 0.29) is 22.4 Å². The molecule has 0 bridgehead atoms. The fourth-order valence-corrected chi connectivity index (χ4v) is 1.63. The summed E-state index contributed by atoms with van der Waals surface area (Å²) < 4.78 is 18.0. The molecule has 84 valence electrons. The topological polar surface area (TPSA) is 71.8 Å². The molecular formula is C11H6FN3O2. The number of fused-ring (bicyclic) bond motifs is 1. The number of rotatable bonds is 1. The van der Waals surface area contributed by atoms with Gasteiger partial charge in [-0.25, -0.2) is 9.37 Å². The molecule has 1 N–H and O–H groups in total. The molecule has 0 atom stereocenters. The molecule has 6 heteroatoms. The summed E-state index contributed by atoms with van der Waals surface area (Å²) in [6.45, 7) is 0. The number of H-pyrrole nitrogens is 1. The largest absolute Gasteiger partial charge is 0.335 e. The van der Waals surface area contributed by atoms with Crippen molar-refractivity contribution in [3.05, 3.63) is 46.8 Å². The average Bonchev–Trinajstić information content (AvgIpc) is 2.74. The summed E-state index contributed by atoms with van der Waals surface area (Å²) in [7, 11) is 0. The van der Waals surface area contributed by atoms with Crippen LogP contribution in [-0.2, 0) is 0 Å². The fourth-order valence-electron chi connectivity index (χ4n) is 1.63. The maximum atomic E-state index is 13.1. The van der Waals surface area contributed by atoms with Gasteiger partial charge in [-0.05, 0) is 12.1 Å². The van der Waals surface area contributed by atoms with Crippen molar-refractivity contribution >= 4 is 11.1 Å². The number of hydrogen-bond donors (Lipinski definition) is 1. The number of nitrogens with zero attached hydrogens (tertiary/aromatic N) is 2. The van der Waals surface area contributed by atoms with E-state index in [1.165, 1.54) is 24.5 Å². The fraction of sp³-hybridized carbons (Fsp3) is 0. The molecule has 0 fully saturated rings. The Labute approximate surface area is 93.9 Å². The van der Waals surface area contributed by atoms with Crippen molar-refractivity contribution in [1.29, 1.82) is 0 Å². The second kappa shape index (κ2) is 3.51. The summed E-state index contributed by atoms with van der Waals surface area (Å²) in [5.74, 6) is -0.404. The van der Waals surface area contributed by atoms with Gasteiger partial charge in [-0.3, -0.25) is 4.79 Å². The first-order valence-corrected chi connectivity index (χ1v) is 4.85. The van der Waals surface area contributed by atoms with Crippen molar-refractivity contribution in [1.82, 2.24) is 15.1 Å². The number of benzene rings is 1. The van der Waals surface area contributed by atoms with E-state index in [4.69, 9.17) is 4.52 Å². The lowest BCUT2D eigenvalue weighted by Gasteiger charge is -1.95. The van der Waals surface area contributed by atoms with Crippen LogP contribution in [0.25, 0.3) is 22.4 Å². The van der Waals surface area contributed by atoms with Crippen LogP contribution in [0.4, 0.5) is 4.39 Å². The smallest absolute Gasteiger partial charge is 0.265 e. The number of halogens is 1. The summed E-state index contributed by atoms with van der Waals surface area (Å²) in [6, 6.07) is 5.78. The van der Waals surface area contributed by atoms with Crippen LogP contribution in [0.1, 0.15) is 0 Å². The van der Waals surface area contributed by atoms with E-state index in [1.54, 1.807) is 6.07 Å². The number of nitrogens with one attached hydrogen (secondary N) is 1. The highest BCUT2D eigenvalue weighted by Crippen LogP contribution is 2.24. The molecule has 0 unspecified atom stereocenters. The van der Waals surface area contributed by atoms with Crippen LogP contribution in [0.3, 0.4) is 0 Å². The van der Waals surface area contributed by atoms with Crippen molar-refractivity contribution in [2.24, 2.45) is 0 Å². The number of hydrogen-bond acceptors (Lipinski definition) is 4. The Kier molecular flexibility index (Phi) is 2.01. The molecule has 0 saturated heterocycles. The van der Waals surface area contributed by atoms with Crippen LogP contribution in [0.2, 0.25) is 0 Å². The number of aromatic amines is 1. The zero-order valence-electron chi connectivity index (χ0n) is 8.48. The summed E-state index contributed by atoms with van der Waals surface area (Å²) in [6.07, 6.45) is 1.23. The zero-order valence-corrected chi connectivity index (χ0v) is 8.48. The Morgan fingerprint density at radius 2 is 2.24 bits per heavy atom. The molecule has 0 aliphatic rings. The van der Waals surface area contributed by atoms with E-state index in [0.717, 1.165) is 0 Å². The third-order valence-electron chi connectivity index (χ3n) is 2.38. The zero-order chi connectivity index (χ0) is 11.8. The lowest BCUT2D eigenvalue weighted by molar-refractivity contribution is 0.451. The van der Waals surface area contributed by atoms with Crippen molar-refractivity contribution in [2.75, 3.05) is 0 Å². The number of aromatic nitrogens is 3. The lowest BCUT2D eigenvalue weighted by Crippen LogP contribution is -2.05. The second-order valence-electron chi connectivity index (χ2n) is 3.45. The summed E-state index contributed by atoms with van der Waals surface area (Å²) in [5, 5.41) is 3.96. The Morgan fingerprint density at radius 1 is 1.35 bits per heavy atom. The highest BCUT2D eigenvalue weighted by atomic mass is 19.1. The molecule has 1 aromatic carbocycles. The van der Waals surface area contributed by atoms with Gasteiger partial charge in [0.25, 0.3) is 11.3 Å². The molecular weight excluding hydrogens is 225 g/mol. The summed E-state index contributed by atoms with van der Waals surface area (Å²) in [4.78, 5) is 17.9. The molecule has 0 saturated carbocycles. The molecule has 0 radical (unpaired) electrons. The third kappa shape index (κ3) is 1.50. The van der Waals surface area contributed by atoms with E-state index in [2.05, 4.69) is 15.1 Å². The van der Waals surface area contributed by atoms with Crippen molar-refractivity contribution in [2.45, 2.75) is 0 Å². The van der Waals surface area contributed by atoms with Crippen LogP contribution in [0.5, 0.6) is 0 Å². The average molecular weight is 231 g/mol. The molecule has 3 aromatic rings. The predicted molar refractivity (Wildman–Crippen MR) is 57.8 cm³/mol. The van der Waals surface area contributed by atoms with Gasteiger partial charge in [0, 0.05) is 5.56 Å². The monoisotopic (exact) mass is 231 g/mol. The van der Waals surface area contributed by atoms with Crippen LogP contribution in [-0.4, -0.2) is 15.1 Å². The Balaban J connectivity index is 2.35. The van der Waals surface area contributed by atoms with Crippen LogP contribution in [0.15, 0.2) is 39.9 Å². The molecule has 5 nitrogen and oxygen atoms in total. The highest BCUT2D eigenvalue weighted by Gasteiger charge is 2.14. The van der Waals surface area contributed by atoms with Crippen molar-refractivity contribution in [3.8, 4) is 11.3 Å². The van der Waals surface area contributed by atoms with Gasteiger partial charge in [0.1, 0.15) is 16.9 Å². The predicted octanol–water partition coefficient (Wildman–Crippen LogP) is 1.72. The van der Waals surface area contributed by atoms with Gasteiger partial charge >= 0.3 is 0 Å².